The van der Waals surface area contributed by atoms with Crippen LogP contribution in [0.15, 0.2) is 72.8 Å². The van der Waals surface area contributed by atoms with Crippen LogP contribution in [0.2, 0.25) is 5.02 Å². The van der Waals surface area contributed by atoms with E-state index in [1.165, 1.54) is 0 Å². The predicted molar refractivity (Wildman–Crippen MR) is 117 cm³/mol. The third-order valence-electron chi connectivity index (χ3n) is 5.24. The molecule has 7 heteroatoms. The van der Waals surface area contributed by atoms with Crippen LogP contribution in [0.5, 0.6) is 0 Å². The van der Waals surface area contributed by atoms with Gasteiger partial charge in [-0.1, -0.05) is 65.7 Å². The first-order valence-corrected chi connectivity index (χ1v) is 10.0. The molecule has 2 amide bonds. The number of aryl methyl sites for hydroxylation is 1. The molecular weight excluding hydrogens is 416 g/mol. The number of aliphatic carboxylic acids is 1. The fraction of sp³-hybridized carbons (Fsp3) is 0.125. The number of carbonyl (C=O) groups excluding carboxylic acids is 2. The average molecular weight is 435 g/mol. The highest BCUT2D eigenvalue weighted by Gasteiger charge is 2.43. The van der Waals surface area contributed by atoms with Gasteiger partial charge >= 0.3 is 5.97 Å². The summed E-state index contributed by atoms with van der Waals surface area (Å²) in [6, 6.07) is 17.4. The first-order valence-electron chi connectivity index (χ1n) is 9.64. The van der Waals surface area contributed by atoms with Crippen molar-refractivity contribution in [2.75, 3.05) is 5.32 Å². The summed E-state index contributed by atoms with van der Waals surface area (Å²) in [6.45, 7) is 1.83. The summed E-state index contributed by atoms with van der Waals surface area (Å²) in [5, 5.41) is 13.4. The van der Waals surface area contributed by atoms with Gasteiger partial charge < -0.3 is 15.3 Å². The number of anilines is 1. The summed E-state index contributed by atoms with van der Waals surface area (Å²) in [4.78, 5) is 40.6. The van der Waals surface area contributed by atoms with E-state index in [0.29, 0.717) is 21.8 Å². The number of nitrogens with one attached hydrogen (secondary N) is 1. The van der Waals surface area contributed by atoms with Crippen molar-refractivity contribution in [3.63, 3.8) is 0 Å². The molecular formula is C24H19ClN2O4. The number of benzene rings is 3. The fourth-order valence-electron chi connectivity index (χ4n) is 3.81. The van der Waals surface area contributed by atoms with Gasteiger partial charge in [-0.25, -0.2) is 4.79 Å². The van der Waals surface area contributed by atoms with E-state index < -0.39 is 29.9 Å². The Morgan fingerprint density at radius 2 is 1.71 bits per heavy atom. The van der Waals surface area contributed by atoms with E-state index in [1.54, 1.807) is 72.8 Å². The Kier molecular flexibility index (Phi) is 5.48. The number of carboxylic acid groups (broad SMARTS) is 1. The molecule has 2 atom stereocenters. The molecule has 0 saturated heterocycles. The molecule has 1 aliphatic heterocycles. The third-order valence-corrected chi connectivity index (χ3v) is 5.49. The summed E-state index contributed by atoms with van der Waals surface area (Å²) >= 11 is 6.01. The zero-order chi connectivity index (χ0) is 22.1. The topological polar surface area (TPSA) is 86.7 Å². The largest absolute Gasteiger partial charge is 0.479 e. The number of amides is 2. The fourth-order valence-corrected chi connectivity index (χ4v) is 3.93. The van der Waals surface area contributed by atoms with Crippen LogP contribution in [-0.2, 0) is 9.59 Å². The summed E-state index contributed by atoms with van der Waals surface area (Å²) < 4.78 is 0. The number of carboxylic acids is 1. The maximum atomic E-state index is 13.7. The summed E-state index contributed by atoms with van der Waals surface area (Å²) in [7, 11) is 0. The third kappa shape index (κ3) is 3.90. The Morgan fingerprint density at radius 3 is 2.35 bits per heavy atom. The smallest absolute Gasteiger partial charge is 0.331 e. The lowest BCUT2D eigenvalue weighted by Crippen LogP contribution is -2.44. The van der Waals surface area contributed by atoms with Gasteiger partial charge in [-0.3, -0.25) is 9.59 Å². The highest BCUT2D eigenvalue weighted by molar-refractivity contribution is 6.30. The van der Waals surface area contributed by atoms with Crippen LogP contribution in [0, 0.1) is 6.92 Å². The molecule has 0 bridgehead atoms. The van der Waals surface area contributed by atoms with E-state index in [4.69, 9.17) is 11.6 Å². The van der Waals surface area contributed by atoms with Gasteiger partial charge in [0.15, 0.2) is 6.04 Å². The average Bonchev–Trinajstić information content (AvgIpc) is 2.85. The number of hydrogen-bond donors (Lipinski definition) is 2. The van der Waals surface area contributed by atoms with E-state index in [0.717, 1.165) is 10.5 Å². The van der Waals surface area contributed by atoms with Gasteiger partial charge in [0.1, 0.15) is 6.04 Å². The zero-order valence-corrected chi connectivity index (χ0v) is 17.3. The molecule has 0 saturated carbocycles. The molecule has 1 aliphatic rings. The molecule has 0 radical (unpaired) electrons. The highest BCUT2D eigenvalue weighted by Crippen LogP contribution is 2.38. The number of nitrogens with zero attached hydrogens (tertiary/aromatic N) is 1. The van der Waals surface area contributed by atoms with Crippen molar-refractivity contribution < 1.29 is 19.5 Å². The van der Waals surface area contributed by atoms with Crippen molar-refractivity contribution >= 4 is 35.1 Å². The summed E-state index contributed by atoms with van der Waals surface area (Å²) in [6.07, 6.45) is 0. The minimum Gasteiger partial charge on any atom is -0.479 e. The standard InChI is InChI=1S/C24H19ClN2O4/c1-14-7-12-19-18(13-14)23(29)27(21(24(30)31)15-5-3-2-4-6-15)20(22(28)26-19)16-8-10-17(25)11-9-16/h2-13,20-21H,1H3,(H,26,28)(H,30,31). The first kappa shape index (κ1) is 20.6. The Labute approximate surface area is 184 Å². The second kappa shape index (κ2) is 8.24. The van der Waals surface area contributed by atoms with Crippen LogP contribution < -0.4 is 5.32 Å². The first-order chi connectivity index (χ1) is 14.9. The number of rotatable bonds is 4. The summed E-state index contributed by atoms with van der Waals surface area (Å²) in [5.74, 6) is -2.28. The van der Waals surface area contributed by atoms with Gasteiger partial charge in [-0.2, -0.15) is 0 Å². The number of halogens is 1. The molecule has 3 aromatic rings. The van der Waals surface area contributed by atoms with Crippen LogP contribution in [-0.4, -0.2) is 27.8 Å². The van der Waals surface area contributed by atoms with Crippen molar-refractivity contribution in [2.45, 2.75) is 19.0 Å². The minimum atomic E-state index is -1.37. The molecule has 2 N–H and O–H groups in total. The van der Waals surface area contributed by atoms with Gasteiger partial charge in [0.2, 0.25) is 0 Å². The van der Waals surface area contributed by atoms with Crippen LogP contribution >= 0.6 is 11.6 Å². The molecule has 0 aromatic heterocycles. The molecule has 31 heavy (non-hydrogen) atoms. The van der Waals surface area contributed by atoms with E-state index in [2.05, 4.69) is 5.32 Å². The Bertz CT molecular complexity index is 1160. The monoisotopic (exact) mass is 434 g/mol. The van der Waals surface area contributed by atoms with Gasteiger partial charge in [-0.15, -0.1) is 0 Å². The zero-order valence-electron chi connectivity index (χ0n) is 16.6. The second-order valence-electron chi connectivity index (χ2n) is 7.36. The molecule has 6 nitrogen and oxygen atoms in total. The van der Waals surface area contributed by atoms with Crippen molar-refractivity contribution in [1.29, 1.82) is 0 Å². The van der Waals surface area contributed by atoms with Crippen molar-refractivity contribution in [2.24, 2.45) is 0 Å². The molecule has 1 heterocycles. The molecule has 3 aromatic carbocycles. The SMILES string of the molecule is Cc1ccc2c(c1)C(=O)N(C(C(=O)O)c1ccccc1)C(c1ccc(Cl)cc1)C(=O)N2. The van der Waals surface area contributed by atoms with Crippen LogP contribution in [0.1, 0.15) is 39.1 Å². The minimum absolute atomic E-state index is 0.243. The van der Waals surface area contributed by atoms with Gasteiger partial charge in [0.05, 0.1) is 11.3 Å². The molecule has 4 rings (SSSR count). The predicted octanol–water partition coefficient (Wildman–Crippen LogP) is 4.61. The Balaban J connectivity index is 1.96. The van der Waals surface area contributed by atoms with Gasteiger partial charge in [0, 0.05) is 5.02 Å². The number of fused-ring (bicyclic) bond motifs is 1. The van der Waals surface area contributed by atoms with Crippen LogP contribution in [0.25, 0.3) is 0 Å². The maximum absolute atomic E-state index is 13.7. The van der Waals surface area contributed by atoms with Crippen molar-refractivity contribution in [1.82, 2.24) is 4.90 Å². The summed E-state index contributed by atoms with van der Waals surface area (Å²) in [5.41, 5.74) is 2.26. The van der Waals surface area contributed by atoms with Gasteiger partial charge in [0.25, 0.3) is 11.8 Å². The van der Waals surface area contributed by atoms with Crippen LogP contribution in [0.3, 0.4) is 0 Å². The van der Waals surface area contributed by atoms with E-state index in [1.807, 2.05) is 6.92 Å². The maximum Gasteiger partial charge on any atom is 0.331 e. The lowest BCUT2D eigenvalue weighted by Gasteiger charge is -2.34. The lowest BCUT2D eigenvalue weighted by molar-refractivity contribution is -0.144. The molecule has 0 fully saturated rings. The molecule has 156 valence electrons. The normalized spacial score (nSPS) is 16.8. The molecule has 0 aliphatic carbocycles. The lowest BCUT2D eigenvalue weighted by atomic mass is 9.97. The quantitative estimate of drug-likeness (QED) is 0.627. The van der Waals surface area contributed by atoms with Crippen LogP contribution in [0.4, 0.5) is 5.69 Å². The van der Waals surface area contributed by atoms with E-state index >= 15 is 0 Å². The highest BCUT2D eigenvalue weighted by atomic mass is 35.5. The Morgan fingerprint density at radius 1 is 1.03 bits per heavy atom. The van der Waals surface area contributed by atoms with E-state index in [9.17, 15) is 19.5 Å². The Hall–Kier alpha value is -3.64. The molecule has 0 spiro atoms. The number of hydrogen-bond acceptors (Lipinski definition) is 3. The number of carbonyl (C=O) groups is 3. The van der Waals surface area contributed by atoms with E-state index in [-0.39, 0.29) is 5.56 Å². The van der Waals surface area contributed by atoms with Crippen molar-refractivity contribution in [3.05, 3.63) is 100 Å². The van der Waals surface area contributed by atoms with Gasteiger partial charge in [-0.05, 0) is 42.3 Å². The molecule has 2 unspecified atom stereocenters. The second-order valence-corrected chi connectivity index (χ2v) is 7.79. The van der Waals surface area contributed by atoms with Crippen molar-refractivity contribution in [3.8, 4) is 0 Å².